The van der Waals surface area contributed by atoms with Crippen molar-refractivity contribution in [1.82, 2.24) is 20.7 Å². The molecule has 4 rings (SSSR count). The molecule has 6 nitrogen and oxygen atoms in total. The Morgan fingerprint density at radius 1 is 0.917 bits per heavy atom. The molecular weight excluding hydrogens is 448 g/mol. The zero-order valence-corrected chi connectivity index (χ0v) is 21.3. The predicted octanol–water partition coefficient (Wildman–Crippen LogP) is 5.03. The van der Waals surface area contributed by atoms with E-state index in [1.54, 1.807) is 0 Å². The van der Waals surface area contributed by atoms with E-state index in [2.05, 4.69) is 65.1 Å². The maximum absolute atomic E-state index is 11.6. The first-order valence-electron chi connectivity index (χ1n) is 12.6. The number of hydrogen-bond acceptors (Lipinski definition) is 4. The van der Waals surface area contributed by atoms with Gasteiger partial charge in [0, 0.05) is 50.2 Å². The van der Waals surface area contributed by atoms with E-state index >= 15 is 0 Å². The summed E-state index contributed by atoms with van der Waals surface area (Å²) in [7, 11) is 1.98. The Morgan fingerprint density at radius 2 is 1.56 bits per heavy atom. The van der Waals surface area contributed by atoms with Gasteiger partial charge in [0.1, 0.15) is 6.04 Å². The number of H-pyrrole nitrogens is 1. The van der Waals surface area contributed by atoms with E-state index < -0.39 is 12.0 Å². The van der Waals surface area contributed by atoms with Crippen LogP contribution in [0.2, 0.25) is 0 Å². The van der Waals surface area contributed by atoms with Gasteiger partial charge in [-0.05, 0) is 29.2 Å². The summed E-state index contributed by atoms with van der Waals surface area (Å²) in [5.41, 5.74) is 8.00. The van der Waals surface area contributed by atoms with E-state index in [1.807, 2.05) is 60.7 Å². The number of rotatable bonds is 12. The highest BCUT2D eigenvalue weighted by Gasteiger charge is 2.18. The van der Waals surface area contributed by atoms with E-state index in [4.69, 9.17) is 0 Å². The number of carboxylic acid groups (broad SMARTS) is 1. The second kappa shape index (κ2) is 14.8. The maximum atomic E-state index is 11.6. The van der Waals surface area contributed by atoms with Gasteiger partial charge in [-0.25, -0.2) is 5.01 Å². The fourth-order valence-corrected chi connectivity index (χ4v) is 4.11. The topological polar surface area (TPSA) is 80.4 Å². The number of nitrogens with zero attached hydrogens (tertiary/aromatic N) is 1. The fourth-order valence-electron chi connectivity index (χ4n) is 4.11. The lowest BCUT2D eigenvalue weighted by Gasteiger charge is -2.20. The summed E-state index contributed by atoms with van der Waals surface area (Å²) >= 11 is 0. The zero-order chi connectivity index (χ0) is 25.6. The number of carbonyl (C=O) groups is 1. The molecule has 0 radical (unpaired) electrons. The predicted molar refractivity (Wildman–Crippen MR) is 148 cm³/mol. The SMILES string of the molecule is CCCc1ccccc1.CN(Cc1ccccc1)NCCN[C@@H](Cc1c[nH]c2ccccc12)C(=O)O. The Labute approximate surface area is 214 Å². The average molecular weight is 487 g/mol. The largest absolute Gasteiger partial charge is 0.480 e. The lowest BCUT2D eigenvalue weighted by molar-refractivity contribution is -0.139. The minimum atomic E-state index is -0.835. The minimum Gasteiger partial charge on any atom is -0.480 e. The van der Waals surface area contributed by atoms with Crippen molar-refractivity contribution in [1.29, 1.82) is 0 Å². The van der Waals surface area contributed by atoms with Gasteiger partial charge in [-0.3, -0.25) is 10.2 Å². The number of aryl methyl sites for hydroxylation is 1. The van der Waals surface area contributed by atoms with E-state index in [0.717, 1.165) is 23.0 Å². The second-order valence-corrected chi connectivity index (χ2v) is 8.89. The number of carboxylic acids is 1. The van der Waals surface area contributed by atoms with Crippen molar-refractivity contribution in [3.05, 3.63) is 108 Å². The first kappa shape index (κ1) is 27.1. The lowest BCUT2D eigenvalue weighted by atomic mass is 10.1. The third-order valence-corrected chi connectivity index (χ3v) is 5.94. The number of hydrogen-bond donors (Lipinski definition) is 4. The molecule has 0 saturated carbocycles. The molecule has 0 aliphatic heterocycles. The van der Waals surface area contributed by atoms with Crippen molar-refractivity contribution in [2.75, 3.05) is 20.1 Å². The van der Waals surface area contributed by atoms with Crippen molar-refractivity contribution in [2.24, 2.45) is 0 Å². The number of fused-ring (bicyclic) bond motifs is 1. The molecule has 0 spiro atoms. The van der Waals surface area contributed by atoms with E-state index in [9.17, 15) is 9.90 Å². The van der Waals surface area contributed by atoms with Crippen LogP contribution < -0.4 is 10.7 Å². The standard InChI is InChI=1S/C21H26N4O2.C9H12/c1-25(15-16-7-3-2-4-8-16)24-12-11-22-20(21(26)27)13-17-14-23-19-10-6-5-9-18(17)19;1-2-6-9-7-4-3-5-8-9/h2-10,14,20,22-24H,11-13,15H2,1H3,(H,26,27);3-5,7-8H,2,6H2,1H3/t20-;/m0./s1. The molecule has 1 atom stereocenters. The number of aromatic amines is 1. The van der Waals surface area contributed by atoms with Crippen molar-refractivity contribution in [3.8, 4) is 0 Å². The van der Waals surface area contributed by atoms with Crippen LogP contribution in [0.5, 0.6) is 0 Å². The Balaban J connectivity index is 0.000000338. The van der Waals surface area contributed by atoms with Gasteiger partial charge in [-0.15, -0.1) is 0 Å². The minimum absolute atomic E-state index is 0.444. The van der Waals surface area contributed by atoms with Crippen LogP contribution in [0.3, 0.4) is 0 Å². The van der Waals surface area contributed by atoms with Gasteiger partial charge in [0.05, 0.1) is 0 Å². The highest BCUT2D eigenvalue weighted by molar-refractivity contribution is 5.84. The van der Waals surface area contributed by atoms with Gasteiger partial charge in [-0.2, -0.15) is 0 Å². The number of benzene rings is 3. The molecule has 6 heteroatoms. The molecule has 0 aliphatic rings. The van der Waals surface area contributed by atoms with E-state index in [0.29, 0.717) is 19.5 Å². The molecule has 0 bridgehead atoms. The summed E-state index contributed by atoms with van der Waals surface area (Å²) < 4.78 is 0. The molecule has 1 aromatic heterocycles. The Hall–Kier alpha value is -3.45. The first-order valence-corrected chi connectivity index (χ1v) is 12.6. The van der Waals surface area contributed by atoms with Gasteiger partial charge in [0.25, 0.3) is 0 Å². The molecular formula is C30H38N4O2. The third kappa shape index (κ3) is 8.96. The third-order valence-electron chi connectivity index (χ3n) is 5.94. The Bertz CT molecular complexity index is 1160. The van der Waals surface area contributed by atoms with Crippen LogP contribution in [0.25, 0.3) is 10.9 Å². The number of aromatic nitrogens is 1. The van der Waals surface area contributed by atoms with E-state index in [1.165, 1.54) is 24.0 Å². The summed E-state index contributed by atoms with van der Waals surface area (Å²) in [4.78, 5) is 14.8. The Kier molecular flexibility index (Phi) is 11.2. The number of aliphatic carboxylic acids is 1. The zero-order valence-electron chi connectivity index (χ0n) is 21.3. The highest BCUT2D eigenvalue weighted by Crippen LogP contribution is 2.19. The van der Waals surface area contributed by atoms with Crippen LogP contribution in [0.1, 0.15) is 30.0 Å². The molecule has 3 aromatic carbocycles. The molecule has 0 unspecified atom stereocenters. The van der Waals surface area contributed by atoms with Crippen LogP contribution in [0.15, 0.2) is 91.1 Å². The van der Waals surface area contributed by atoms with Gasteiger partial charge in [0.15, 0.2) is 0 Å². The molecule has 1 heterocycles. The Morgan fingerprint density at radius 3 is 2.22 bits per heavy atom. The van der Waals surface area contributed by atoms with Crippen LogP contribution >= 0.6 is 0 Å². The van der Waals surface area contributed by atoms with Crippen molar-refractivity contribution < 1.29 is 9.90 Å². The molecule has 4 aromatic rings. The quantitative estimate of drug-likeness (QED) is 0.167. The molecule has 0 saturated heterocycles. The lowest BCUT2D eigenvalue weighted by Crippen LogP contribution is -2.44. The van der Waals surface area contributed by atoms with Gasteiger partial charge >= 0.3 is 5.97 Å². The second-order valence-electron chi connectivity index (χ2n) is 8.89. The average Bonchev–Trinajstić information content (AvgIpc) is 3.30. The number of hydrazine groups is 1. The van der Waals surface area contributed by atoms with Gasteiger partial charge < -0.3 is 15.4 Å². The summed E-state index contributed by atoms with van der Waals surface area (Å²) in [5, 5.41) is 15.8. The molecule has 36 heavy (non-hydrogen) atoms. The van der Waals surface area contributed by atoms with Crippen molar-refractivity contribution in [2.45, 2.75) is 38.8 Å². The maximum Gasteiger partial charge on any atom is 0.321 e. The van der Waals surface area contributed by atoms with Crippen LogP contribution in [0.4, 0.5) is 0 Å². The van der Waals surface area contributed by atoms with E-state index in [-0.39, 0.29) is 0 Å². The summed E-state index contributed by atoms with van der Waals surface area (Å²) in [6, 6.07) is 28.1. The van der Waals surface area contributed by atoms with Crippen LogP contribution in [0, 0.1) is 0 Å². The molecule has 4 N–H and O–H groups in total. The molecule has 0 amide bonds. The summed E-state index contributed by atoms with van der Waals surface area (Å²) in [5.74, 6) is -0.835. The van der Waals surface area contributed by atoms with Gasteiger partial charge in [0.2, 0.25) is 0 Å². The molecule has 0 aliphatic carbocycles. The van der Waals surface area contributed by atoms with Gasteiger partial charge in [-0.1, -0.05) is 92.2 Å². The number of nitrogens with one attached hydrogen (secondary N) is 3. The molecule has 190 valence electrons. The summed E-state index contributed by atoms with van der Waals surface area (Å²) in [6.07, 6.45) is 4.79. The smallest absolute Gasteiger partial charge is 0.321 e. The fraction of sp³-hybridized carbons (Fsp3) is 0.300. The number of para-hydroxylation sites is 1. The summed E-state index contributed by atoms with van der Waals surface area (Å²) in [6.45, 7) is 4.21. The molecule has 0 fully saturated rings. The van der Waals surface area contributed by atoms with Crippen molar-refractivity contribution >= 4 is 16.9 Å². The normalized spacial score (nSPS) is 11.8. The monoisotopic (exact) mass is 486 g/mol. The highest BCUT2D eigenvalue weighted by atomic mass is 16.4. The van der Waals surface area contributed by atoms with Crippen molar-refractivity contribution in [3.63, 3.8) is 0 Å². The van der Waals surface area contributed by atoms with Crippen LogP contribution in [-0.2, 0) is 24.2 Å². The first-order chi connectivity index (χ1) is 17.6. The van der Waals surface area contributed by atoms with Crippen LogP contribution in [-0.4, -0.2) is 47.2 Å².